The van der Waals surface area contributed by atoms with Gasteiger partial charge in [0.25, 0.3) is 0 Å². The van der Waals surface area contributed by atoms with E-state index in [1.807, 2.05) is 0 Å². The highest BCUT2D eigenvalue weighted by molar-refractivity contribution is 5.85. The molecule has 0 radical (unpaired) electrons. The maximum absolute atomic E-state index is 10.8. The molecule has 0 saturated heterocycles. The van der Waals surface area contributed by atoms with E-state index >= 15 is 0 Å². The number of carbonyl (C=O) groups excluding carboxylic acids is 3. The van der Waals surface area contributed by atoms with Crippen LogP contribution in [0.5, 0.6) is 0 Å². The molecule has 6 saturated carbocycles. The zero-order valence-corrected chi connectivity index (χ0v) is 45.9. The molecule has 6 fully saturated rings. The molecule has 0 aromatic heterocycles. The highest BCUT2D eigenvalue weighted by Gasteiger charge is 2.38. The zero-order chi connectivity index (χ0) is 53.6. The number of ketones is 1. The van der Waals surface area contributed by atoms with Gasteiger partial charge in [-0.1, -0.05) is 95.5 Å². The maximum atomic E-state index is 10.8. The number of carbonyl (C=O) groups is 3. The van der Waals surface area contributed by atoms with Crippen LogP contribution in [-0.4, -0.2) is 78.2 Å². The van der Waals surface area contributed by atoms with Crippen molar-refractivity contribution < 1.29 is 29.2 Å². The molecule has 0 aliphatic heterocycles. The third-order valence-electron chi connectivity index (χ3n) is 15.8. The van der Waals surface area contributed by atoms with Gasteiger partial charge in [-0.05, 0) is 128 Å². The predicted molar refractivity (Wildman–Crippen MR) is 289 cm³/mol. The summed E-state index contributed by atoms with van der Waals surface area (Å²) >= 11 is 0. The fourth-order valence-corrected chi connectivity index (χ4v) is 11.6. The highest BCUT2D eigenvalue weighted by Crippen LogP contribution is 2.41. The van der Waals surface area contributed by atoms with Gasteiger partial charge in [-0.2, -0.15) is 10.5 Å². The topological polar surface area (TPSA) is 304 Å². The molecule has 0 unspecified atom stereocenters. The first kappa shape index (κ1) is 68.7. The first-order chi connectivity index (χ1) is 34.4. The Bertz CT molecular complexity index is 1690. The van der Waals surface area contributed by atoms with Gasteiger partial charge in [-0.25, -0.2) is 0 Å². The van der Waals surface area contributed by atoms with Crippen LogP contribution < -0.4 is 22.1 Å². The number of nitrogens with one attached hydrogen (secondary N) is 2. The standard InChI is InChI=1S/C11H20N2O3.C11H22N2O.C9H18N2O2.C9H14N2O2.C8H11N.C6H10O.ClH/c1-10(14)12-8-7-11(9-13(15)16)5-3-2-4-6-11;1-10(14)13-8-7-11(9-12)5-3-2-4-6-11;2*10-7-6-9(8-11(12)13)4-2-1-3-5-9;9-7-6-8-4-2-1-3-5-8;7-6-4-2-1-3-5-6;/h2-9H2,1H3,(H,12,14);2-9,12H2,1H3,(H,13,14);1-8,10H2;1-6,8H2;6H,1-5H2;1-5H2;1H. The van der Waals surface area contributed by atoms with Crippen molar-refractivity contribution in [2.24, 2.45) is 33.1 Å². The summed E-state index contributed by atoms with van der Waals surface area (Å²) in [7, 11) is 0. The number of Topliss-reactive ketones (excluding diaryl/α,β-unsaturated/α-hetero) is 1. The Hall–Kier alpha value is -4.26. The number of allylic oxidation sites excluding steroid dienone is 2. The summed E-state index contributed by atoms with van der Waals surface area (Å²) in [4.78, 5) is 62.9. The Morgan fingerprint density at radius 2 is 0.877 bits per heavy atom. The molecule has 6 aliphatic carbocycles. The Balaban J connectivity index is 0.000000863. The number of halogens is 1. The molecule has 19 heteroatoms. The molecule has 2 amide bonds. The second-order valence-corrected chi connectivity index (χ2v) is 21.9. The normalized spacial score (nSPS) is 20.0. The van der Waals surface area contributed by atoms with E-state index in [2.05, 4.69) is 22.8 Å². The van der Waals surface area contributed by atoms with Gasteiger partial charge < -0.3 is 22.1 Å². The zero-order valence-electron chi connectivity index (χ0n) is 45.0. The van der Waals surface area contributed by atoms with Crippen molar-refractivity contribution in [3.8, 4) is 12.1 Å². The molecule has 0 atom stereocenters. The van der Waals surface area contributed by atoms with Crippen molar-refractivity contribution in [1.29, 1.82) is 10.5 Å². The predicted octanol–water partition coefficient (Wildman–Crippen LogP) is 11.2. The third kappa shape index (κ3) is 32.6. The van der Waals surface area contributed by atoms with Gasteiger partial charge in [0.2, 0.25) is 31.4 Å². The summed E-state index contributed by atoms with van der Waals surface area (Å²) in [5.74, 6) is 0.464. The summed E-state index contributed by atoms with van der Waals surface area (Å²) in [6.45, 7) is 5.87. The van der Waals surface area contributed by atoms with E-state index in [1.54, 1.807) is 13.0 Å². The van der Waals surface area contributed by atoms with Crippen LogP contribution in [0.2, 0.25) is 0 Å². The summed E-state index contributed by atoms with van der Waals surface area (Å²) in [6, 6.07) is 4.15. The molecule has 18 nitrogen and oxygen atoms in total. The van der Waals surface area contributed by atoms with Crippen LogP contribution in [0, 0.1) is 74.7 Å². The molecule has 6 N–H and O–H groups in total. The monoisotopic (exact) mass is 1050 g/mol. The number of nitro groups is 3. The molecule has 0 bridgehead atoms. The number of nitrogens with zero attached hydrogens (tertiary/aromatic N) is 5. The second-order valence-electron chi connectivity index (χ2n) is 21.9. The third-order valence-corrected chi connectivity index (χ3v) is 15.8. The summed E-state index contributed by atoms with van der Waals surface area (Å²) in [5.41, 5.74) is 12.5. The minimum atomic E-state index is -0.309. The van der Waals surface area contributed by atoms with Crippen LogP contribution in [0.25, 0.3) is 0 Å². The molecular formula is C54H96ClN9O9. The van der Waals surface area contributed by atoms with Gasteiger partial charge in [-0.3, -0.25) is 44.7 Å². The van der Waals surface area contributed by atoms with Crippen LogP contribution in [0.15, 0.2) is 11.6 Å². The lowest BCUT2D eigenvalue weighted by Gasteiger charge is -2.36. The molecule has 6 aliphatic rings. The summed E-state index contributed by atoms with van der Waals surface area (Å²) < 4.78 is 0. The molecule has 418 valence electrons. The van der Waals surface area contributed by atoms with Gasteiger partial charge in [-0.15, -0.1) is 12.4 Å². The van der Waals surface area contributed by atoms with Crippen molar-refractivity contribution in [2.45, 2.75) is 232 Å². The Morgan fingerprint density at radius 3 is 1.19 bits per heavy atom. The summed E-state index contributed by atoms with van der Waals surface area (Å²) in [6.07, 6.45) is 38.1. The number of amides is 2. The molecular weight excluding hydrogens is 954 g/mol. The smallest absolute Gasteiger partial charge is 0.216 e. The van der Waals surface area contributed by atoms with Crippen molar-refractivity contribution in [1.82, 2.24) is 10.6 Å². The number of nitriles is 2. The second kappa shape index (κ2) is 40.1. The Labute approximate surface area is 444 Å². The molecule has 73 heavy (non-hydrogen) atoms. The van der Waals surface area contributed by atoms with Gasteiger partial charge >= 0.3 is 0 Å². The van der Waals surface area contributed by atoms with Crippen molar-refractivity contribution in [2.75, 3.05) is 45.8 Å². The molecule has 0 aromatic rings. The van der Waals surface area contributed by atoms with E-state index in [1.165, 1.54) is 83.1 Å². The number of hydrogen-bond acceptors (Lipinski definition) is 13. The largest absolute Gasteiger partial charge is 0.356 e. The van der Waals surface area contributed by atoms with Gasteiger partial charge in [0.1, 0.15) is 5.78 Å². The van der Waals surface area contributed by atoms with E-state index < -0.39 is 0 Å². The van der Waals surface area contributed by atoms with E-state index in [0.29, 0.717) is 30.7 Å². The lowest BCUT2D eigenvalue weighted by molar-refractivity contribution is -0.499. The fourth-order valence-electron chi connectivity index (χ4n) is 11.6. The molecule has 0 aromatic carbocycles. The minimum Gasteiger partial charge on any atom is -0.356 e. The van der Waals surface area contributed by atoms with Gasteiger partial charge in [0.15, 0.2) is 0 Å². The number of nitrogens with two attached hydrogens (primary N) is 2. The Kier molecular flexibility index (Phi) is 37.8. The van der Waals surface area contributed by atoms with E-state index in [4.69, 9.17) is 22.0 Å². The fraction of sp³-hybridized carbons (Fsp3) is 0.870. The van der Waals surface area contributed by atoms with E-state index in [0.717, 1.165) is 154 Å². The van der Waals surface area contributed by atoms with Crippen LogP contribution in [0.3, 0.4) is 0 Å². The van der Waals surface area contributed by atoms with Crippen LogP contribution >= 0.6 is 12.4 Å². The number of hydrogen-bond donors (Lipinski definition) is 4. The minimum absolute atomic E-state index is 0. The molecule has 0 spiro atoms. The first-order valence-corrected chi connectivity index (χ1v) is 27.6. The van der Waals surface area contributed by atoms with Crippen molar-refractivity contribution >= 4 is 30.0 Å². The Morgan fingerprint density at radius 1 is 0.548 bits per heavy atom. The lowest BCUT2D eigenvalue weighted by atomic mass is 9.72. The highest BCUT2D eigenvalue weighted by atomic mass is 35.5. The van der Waals surface area contributed by atoms with E-state index in [-0.39, 0.29) is 74.9 Å². The van der Waals surface area contributed by atoms with Crippen molar-refractivity contribution in [3.05, 3.63) is 42.0 Å². The van der Waals surface area contributed by atoms with Crippen LogP contribution in [0.1, 0.15) is 232 Å². The maximum Gasteiger partial charge on any atom is 0.216 e. The lowest BCUT2D eigenvalue weighted by Crippen LogP contribution is -2.36. The van der Waals surface area contributed by atoms with Gasteiger partial charge in [0.05, 0.1) is 12.1 Å². The van der Waals surface area contributed by atoms with Gasteiger partial charge in [0, 0.05) is 83.3 Å². The first-order valence-electron chi connectivity index (χ1n) is 27.6. The summed E-state index contributed by atoms with van der Waals surface area (Å²) in [5, 5.41) is 54.1. The van der Waals surface area contributed by atoms with Crippen molar-refractivity contribution in [3.63, 3.8) is 0 Å². The molecule has 0 heterocycles. The SMILES string of the molecule is CC(=O)NCCC1(CN)CCCCC1.CC(=O)NCCC1(C[N+](=O)[O-])CCCCC1.Cl.N#CC=C1CCCCC1.N#CCC1(C[N+](=O)[O-])CCCCC1.NCCC1(C[N+](=O)[O-])CCCCC1.O=C1CCCCC1. The average molecular weight is 1050 g/mol. The number of rotatable bonds is 16. The van der Waals surface area contributed by atoms with Crippen LogP contribution in [0.4, 0.5) is 0 Å². The van der Waals surface area contributed by atoms with Crippen LogP contribution in [-0.2, 0) is 14.4 Å². The average Bonchev–Trinajstić information content (AvgIpc) is 3.34. The quantitative estimate of drug-likeness (QED) is 0.0636. The van der Waals surface area contributed by atoms with E-state index in [9.17, 15) is 44.7 Å². The molecule has 6 rings (SSSR count).